The quantitative estimate of drug-likeness (QED) is 0.665. The zero-order valence-corrected chi connectivity index (χ0v) is 14.0. The Balaban J connectivity index is 0.00000200. The fourth-order valence-corrected chi connectivity index (χ4v) is 1.96. The zero-order valence-electron chi connectivity index (χ0n) is 11.6. The van der Waals surface area contributed by atoms with Gasteiger partial charge in [-0.25, -0.2) is 0 Å². The molecule has 0 atom stereocenters. The molecule has 1 radical (unpaired) electrons. The van der Waals surface area contributed by atoms with Gasteiger partial charge in [-0.05, 0) is 38.4 Å². The van der Waals surface area contributed by atoms with E-state index in [4.69, 9.17) is 5.26 Å². The third-order valence-corrected chi connectivity index (χ3v) is 3.38. The topological polar surface area (TPSA) is 30.3 Å². The molecule has 0 bridgehead atoms. The second-order valence-corrected chi connectivity index (χ2v) is 4.93. The molecule has 1 aromatic rings. The maximum atomic E-state index is 13.4. The van der Waals surface area contributed by atoms with Crippen molar-refractivity contribution < 1.29 is 24.5 Å². The first-order chi connectivity index (χ1) is 8.98. The summed E-state index contributed by atoms with van der Waals surface area (Å²) in [7, 11) is 0. The smallest absolute Gasteiger partial charge is 0.0754 e. The molecule has 0 fully saturated rings. The van der Waals surface area contributed by atoms with Crippen molar-refractivity contribution in [3.8, 4) is 6.07 Å². The van der Waals surface area contributed by atoms with E-state index in [0.717, 1.165) is 12.1 Å². The largest absolute Gasteiger partial charge is 0.508 e. The molecule has 1 aromatic carbocycles. The van der Waals surface area contributed by atoms with Gasteiger partial charge < -0.3 is 9.80 Å². The molecule has 0 aromatic heterocycles. The Kier molecular flexibility index (Phi) is 5.33. The van der Waals surface area contributed by atoms with Crippen molar-refractivity contribution in [1.82, 2.24) is 9.80 Å². The molecule has 1 aliphatic rings. The van der Waals surface area contributed by atoms with Gasteiger partial charge in [-0.15, -0.1) is 17.7 Å². The van der Waals surface area contributed by atoms with E-state index in [1.54, 1.807) is 6.07 Å². The Morgan fingerprint density at radius 3 is 2.70 bits per heavy atom. The molecule has 1 heterocycles. The summed E-state index contributed by atoms with van der Waals surface area (Å²) in [6.07, 6.45) is 3.95. The Morgan fingerprint density at radius 1 is 1.45 bits per heavy atom. The number of nitrogens with zero attached hydrogens (tertiary/aromatic N) is 3. The van der Waals surface area contributed by atoms with Crippen LogP contribution in [0.15, 0.2) is 24.5 Å². The van der Waals surface area contributed by atoms with Gasteiger partial charge in [0.25, 0.3) is 0 Å². The fraction of sp³-hybridized carbons (Fsp3) is 0.333. The van der Waals surface area contributed by atoms with Crippen molar-refractivity contribution in [3.05, 3.63) is 54.2 Å². The molecule has 3 nitrogen and oxygen atoms in total. The van der Waals surface area contributed by atoms with Crippen LogP contribution in [0.4, 0.5) is 4.39 Å². The molecule has 1 aliphatic heterocycles. The summed E-state index contributed by atoms with van der Waals surface area (Å²) in [5.41, 5.74) is 0.446. The average molecular weight is 450 g/mol. The minimum atomic E-state index is -0.529. The predicted molar refractivity (Wildman–Crippen MR) is 70.6 cm³/mol. The van der Waals surface area contributed by atoms with Gasteiger partial charge in [-0.1, -0.05) is 6.92 Å². The van der Waals surface area contributed by atoms with Crippen LogP contribution in [0.25, 0.3) is 0 Å². The number of benzene rings is 1. The van der Waals surface area contributed by atoms with Gasteiger partial charge in [0.05, 0.1) is 6.07 Å². The molecular formula is C15H16FIrN3-2. The second kappa shape index (κ2) is 6.39. The van der Waals surface area contributed by atoms with E-state index in [-0.39, 0.29) is 31.2 Å². The molecule has 0 aliphatic carbocycles. The Hall–Kier alpha value is -1.37. The van der Waals surface area contributed by atoms with Crippen molar-refractivity contribution in [2.45, 2.75) is 26.3 Å². The molecule has 0 saturated heterocycles. The maximum Gasteiger partial charge on any atom is 0.0754 e. The second-order valence-electron chi connectivity index (χ2n) is 4.93. The Bertz CT molecular complexity index is 549. The number of hydrogen-bond donors (Lipinski definition) is 0. The van der Waals surface area contributed by atoms with Gasteiger partial charge in [0, 0.05) is 31.5 Å². The molecule has 109 valence electrons. The van der Waals surface area contributed by atoms with Gasteiger partial charge in [0.1, 0.15) is 0 Å². The monoisotopic (exact) mass is 450 g/mol. The number of rotatable bonds is 3. The molecule has 0 saturated carbocycles. The van der Waals surface area contributed by atoms with Crippen LogP contribution in [0.2, 0.25) is 0 Å². The minimum Gasteiger partial charge on any atom is -0.508 e. The summed E-state index contributed by atoms with van der Waals surface area (Å²) < 4.78 is 13.4. The van der Waals surface area contributed by atoms with Crippen LogP contribution in [-0.4, -0.2) is 16.3 Å². The first-order valence-corrected chi connectivity index (χ1v) is 6.18. The van der Waals surface area contributed by atoms with Gasteiger partial charge in [-0.3, -0.25) is 4.39 Å². The van der Waals surface area contributed by atoms with Crippen LogP contribution in [0.5, 0.6) is 0 Å². The summed E-state index contributed by atoms with van der Waals surface area (Å²) in [4.78, 5) is 4.08. The predicted octanol–water partition coefficient (Wildman–Crippen LogP) is 2.96. The van der Waals surface area contributed by atoms with Crippen LogP contribution >= 0.6 is 0 Å². The fourth-order valence-electron chi connectivity index (χ4n) is 1.96. The van der Waals surface area contributed by atoms with E-state index >= 15 is 0 Å². The molecule has 0 unspecified atom stereocenters. The zero-order chi connectivity index (χ0) is 14.0. The maximum absolute atomic E-state index is 13.4. The average Bonchev–Trinajstić information content (AvgIpc) is 2.88. The normalized spacial score (nSPS) is 14.2. The van der Waals surface area contributed by atoms with Crippen LogP contribution in [0.3, 0.4) is 0 Å². The van der Waals surface area contributed by atoms with E-state index in [9.17, 15) is 4.39 Å². The summed E-state index contributed by atoms with van der Waals surface area (Å²) >= 11 is 0. The molecule has 20 heavy (non-hydrogen) atoms. The first kappa shape index (κ1) is 16.7. The van der Waals surface area contributed by atoms with Gasteiger partial charge in [0.2, 0.25) is 0 Å². The van der Waals surface area contributed by atoms with Crippen molar-refractivity contribution in [2.24, 2.45) is 0 Å². The van der Waals surface area contributed by atoms with E-state index in [1.807, 2.05) is 43.9 Å². The molecule has 5 heteroatoms. The summed E-state index contributed by atoms with van der Waals surface area (Å²) in [5, 5.41) is 8.91. The third-order valence-electron chi connectivity index (χ3n) is 3.38. The van der Waals surface area contributed by atoms with Crippen molar-refractivity contribution in [2.75, 3.05) is 6.54 Å². The van der Waals surface area contributed by atoms with Crippen LogP contribution < -0.4 is 0 Å². The van der Waals surface area contributed by atoms with Crippen molar-refractivity contribution in [1.29, 1.82) is 5.26 Å². The van der Waals surface area contributed by atoms with Gasteiger partial charge >= 0.3 is 0 Å². The molecule has 0 N–H and O–H groups in total. The molecule has 2 rings (SSSR count). The third kappa shape index (κ3) is 3.03. The molecule has 0 amide bonds. The Labute approximate surface area is 133 Å². The minimum absolute atomic E-state index is 0. The van der Waals surface area contributed by atoms with E-state index in [0.29, 0.717) is 0 Å². The Morgan fingerprint density at radius 2 is 2.15 bits per heavy atom. The van der Waals surface area contributed by atoms with Crippen LogP contribution in [-0.2, 0) is 25.6 Å². The van der Waals surface area contributed by atoms with Crippen LogP contribution in [0, 0.1) is 29.9 Å². The number of nitriles is 1. The SMILES string of the molecule is CCN1C=CN(C(C)(C)c2[c-]cc(F)c(C#N)c2)[CH-]1.[Ir]. The summed E-state index contributed by atoms with van der Waals surface area (Å²) in [5.74, 6) is -0.529. The summed E-state index contributed by atoms with van der Waals surface area (Å²) in [6, 6.07) is 7.58. The standard InChI is InChI=1S/C15H16FN3.Ir/c1-4-18-7-8-19(11-18)15(2,3)13-5-6-14(16)12(9-13)10-17;/h6-9,11H,4H2,1-3H3;/q-2;. The van der Waals surface area contributed by atoms with Crippen LogP contribution in [0.1, 0.15) is 31.9 Å². The summed E-state index contributed by atoms with van der Waals surface area (Å²) in [6.45, 7) is 8.97. The molecule has 0 spiro atoms. The number of halogens is 1. The van der Waals surface area contributed by atoms with Crippen molar-refractivity contribution in [3.63, 3.8) is 0 Å². The van der Waals surface area contributed by atoms with Crippen molar-refractivity contribution >= 4 is 0 Å². The van der Waals surface area contributed by atoms with E-state index in [2.05, 4.69) is 17.9 Å². The van der Waals surface area contributed by atoms with Gasteiger partial charge in [0.15, 0.2) is 0 Å². The van der Waals surface area contributed by atoms with E-state index in [1.165, 1.54) is 6.07 Å². The molecular weight excluding hydrogens is 433 g/mol. The first-order valence-electron chi connectivity index (χ1n) is 6.18. The van der Waals surface area contributed by atoms with Gasteiger partial charge in [-0.2, -0.15) is 18.0 Å². The van der Waals surface area contributed by atoms with E-state index < -0.39 is 5.82 Å². The number of hydrogen-bond acceptors (Lipinski definition) is 3.